The van der Waals surface area contributed by atoms with Crippen LogP contribution in [0.25, 0.3) is 0 Å². The molecule has 0 radical (unpaired) electrons. The Morgan fingerprint density at radius 3 is 2.17 bits per heavy atom. The molecule has 2 aliphatic carbocycles. The maximum atomic E-state index is 13.0. The molecule has 12 heteroatoms. The predicted octanol–water partition coefficient (Wildman–Crippen LogP) is 2.19. The van der Waals surface area contributed by atoms with Crippen molar-refractivity contribution in [3.8, 4) is 0 Å². The van der Waals surface area contributed by atoms with E-state index in [1.165, 1.54) is 39.2 Å². The lowest BCUT2D eigenvalue weighted by atomic mass is 9.92. The molecule has 40 heavy (non-hydrogen) atoms. The van der Waals surface area contributed by atoms with Crippen molar-refractivity contribution in [2.45, 2.75) is 61.7 Å². The lowest BCUT2D eigenvalue weighted by Gasteiger charge is -2.20. The smallest absolute Gasteiger partial charge is 0.257 e. The zero-order chi connectivity index (χ0) is 28.4. The van der Waals surface area contributed by atoms with Gasteiger partial charge in [-0.2, -0.15) is 4.36 Å². The minimum absolute atomic E-state index is 0.00202. The lowest BCUT2D eigenvalue weighted by molar-refractivity contribution is -0.117. The molecule has 0 fully saturated rings. The summed E-state index contributed by atoms with van der Waals surface area (Å²) < 4.78 is 26.5. The number of aryl methyl sites for hydroxylation is 2. The first-order chi connectivity index (χ1) is 19.4. The Labute approximate surface area is 242 Å². The number of carbonyl (C=O) groups is 1. The molecule has 1 aromatic heterocycles. The van der Waals surface area contributed by atoms with Gasteiger partial charge in [-0.25, -0.2) is 4.98 Å². The number of rotatable bonds is 17. The molecule has 1 aromatic carbocycles. The number of aliphatic hydroxyl groups is 2. The summed E-state index contributed by atoms with van der Waals surface area (Å²) in [6.07, 6.45) is 8.46. The highest BCUT2D eigenvalue weighted by atomic mass is 32.2. The number of carbonyl (C=O) groups excluding carboxylic acids is 1. The second-order valence-electron chi connectivity index (χ2n) is 10.2. The maximum Gasteiger partial charge on any atom is 0.257 e. The van der Waals surface area contributed by atoms with Crippen LogP contribution in [-0.4, -0.2) is 80.6 Å². The van der Waals surface area contributed by atoms with E-state index in [0.717, 1.165) is 38.5 Å². The zero-order valence-electron chi connectivity index (χ0n) is 23.2. The van der Waals surface area contributed by atoms with Crippen LogP contribution in [0.1, 0.15) is 52.6 Å². The number of ether oxygens (including phenoxy) is 4. The summed E-state index contributed by atoms with van der Waals surface area (Å²) in [6, 6.07) is 2.36. The molecule has 0 bridgehead atoms. The molecule has 2 aliphatic rings. The largest absolute Gasteiger partial charge is 0.394 e. The van der Waals surface area contributed by atoms with E-state index in [9.17, 15) is 9.90 Å². The first kappa shape index (κ1) is 31.3. The van der Waals surface area contributed by atoms with Gasteiger partial charge in [0.15, 0.2) is 0 Å². The standard InChI is InChI=1S/C28H41N3O7S2/c1-28(34,19-38-15-14-37-13-12-36-11-10-35-9-8-32)27-30-18-26(39-27)40(29)31-25(33)17-24-22-6-2-4-20(22)16-21-5-3-7-23(21)24/h16,18,32,34H,2-15,17,19H2,1H3,(H2,29,31,33). The van der Waals surface area contributed by atoms with Crippen molar-refractivity contribution < 1.29 is 34.0 Å². The van der Waals surface area contributed by atoms with Gasteiger partial charge < -0.3 is 29.2 Å². The molecule has 0 saturated heterocycles. The van der Waals surface area contributed by atoms with Gasteiger partial charge in [-0.05, 0) is 73.3 Å². The number of nitrogens with two attached hydrogens (primary N) is 1. The number of hydrogen-bond donors (Lipinski definition) is 3. The van der Waals surface area contributed by atoms with E-state index >= 15 is 0 Å². The number of benzene rings is 1. The Bertz CT molecular complexity index is 1140. The van der Waals surface area contributed by atoms with Crippen LogP contribution in [0, 0.1) is 0 Å². The second-order valence-corrected chi connectivity index (χ2v) is 12.7. The molecule has 1 amide bonds. The van der Waals surface area contributed by atoms with E-state index in [1.54, 1.807) is 13.1 Å². The van der Waals surface area contributed by atoms with Gasteiger partial charge >= 0.3 is 0 Å². The van der Waals surface area contributed by atoms with Crippen molar-refractivity contribution in [3.63, 3.8) is 0 Å². The number of aliphatic hydroxyl groups excluding tert-OH is 1. The highest BCUT2D eigenvalue weighted by molar-refractivity contribution is 7.87. The topological polar surface area (TPSA) is 146 Å². The Morgan fingerprint density at radius 1 is 1.00 bits per heavy atom. The number of nitrogens with zero attached hydrogens (tertiary/aromatic N) is 2. The Kier molecular flexibility index (Phi) is 12.2. The van der Waals surface area contributed by atoms with Gasteiger partial charge in [0, 0.05) is 10.9 Å². The average molecular weight is 596 g/mol. The minimum Gasteiger partial charge on any atom is -0.394 e. The van der Waals surface area contributed by atoms with E-state index in [-0.39, 0.29) is 19.1 Å². The van der Waals surface area contributed by atoms with E-state index in [4.69, 9.17) is 29.2 Å². The van der Waals surface area contributed by atoms with Gasteiger partial charge in [0.05, 0.1) is 72.1 Å². The fourth-order valence-corrected chi connectivity index (χ4v) is 7.05. The molecule has 0 saturated carbocycles. The van der Waals surface area contributed by atoms with Crippen LogP contribution in [0.3, 0.4) is 0 Å². The quantitative estimate of drug-likeness (QED) is 0.234. The Hall–Kier alpha value is -1.61. The van der Waals surface area contributed by atoms with Gasteiger partial charge in [0.25, 0.3) is 5.91 Å². The average Bonchev–Trinajstić information content (AvgIpc) is 3.70. The van der Waals surface area contributed by atoms with Crippen LogP contribution in [0.4, 0.5) is 0 Å². The van der Waals surface area contributed by atoms with Crippen molar-refractivity contribution >= 4 is 28.1 Å². The summed E-state index contributed by atoms with van der Waals surface area (Å²) in [5.74, 6) is -0.203. The van der Waals surface area contributed by atoms with Crippen LogP contribution < -0.4 is 5.14 Å². The summed E-state index contributed by atoms with van der Waals surface area (Å²) in [5, 5.41) is 26.3. The summed E-state index contributed by atoms with van der Waals surface area (Å²) >= 11 is 1.25. The lowest BCUT2D eigenvalue weighted by Crippen LogP contribution is -2.28. The third-order valence-electron chi connectivity index (χ3n) is 7.01. The van der Waals surface area contributed by atoms with E-state index < -0.39 is 16.5 Å². The van der Waals surface area contributed by atoms with Crippen molar-refractivity contribution in [2.24, 2.45) is 9.50 Å². The minimum atomic E-state index is -1.31. The Balaban J connectivity index is 1.21. The van der Waals surface area contributed by atoms with Gasteiger partial charge in [-0.1, -0.05) is 6.07 Å². The van der Waals surface area contributed by atoms with Gasteiger partial charge in [0.2, 0.25) is 0 Å². The molecule has 2 aromatic rings. The summed E-state index contributed by atoms with van der Waals surface area (Å²) in [5.41, 5.74) is 5.42. The van der Waals surface area contributed by atoms with Crippen LogP contribution in [0.5, 0.6) is 0 Å². The number of amides is 1. The first-order valence-electron chi connectivity index (χ1n) is 13.9. The fraction of sp³-hybridized carbons (Fsp3) is 0.643. The molecule has 4 rings (SSSR count). The van der Waals surface area contributed by atoms with E-state index in [2.05, 4.69) is 15.4 Å². The van der Waals surface area contributed by atoms with Crippen molar-refractivity contribution in [2.75, 3.05) is 59.5 Å². The summed E-state index contributed by atoms with van der Waals surface area (Å²) in [6.45, 7) is 4.40. The number of hydrogen-bond acceptors (Lipinski definition) is 9. The highest BCUT2D eigenvalue weighted by Crippen LogP contribution is 2.35. The maximum absolute atomic E-state index is 13.0. The molecule has 1 heterocycles. The van der Waals surface area contributed by atoms with Crippen molar-refractivity contribution in [1.29, 1.82) is 0 Å². The van der Waals surface area contributed by atoms with E-state index in [1.807, 2.05) is 0 Å². The molecule has 0 aliphatic heterocycles. The van der Waals surface area contributed by atoms with Crippen LogP contribution in [0.2, 0.25) is 0 Å². The molecule has 2 atom stereocenters. The molecule has 2 unspecified atom stereocenters. The molecule has 0 spiro atoms. The first-order valence-corrected chi connectivity index (χ1v) is 15.9. The second kappa shape index (κ2) is 15.6. The van der Waals surface area contributed by atoms with Crippen molar-refractivity contribution in [1.82, 2.24) is 4.98 Å². The van der Waals surface area contributed by atoms with Gasteiger partial charge in [-0.3, -0.25) is 9.93 Å². The summed E-state index contributed by atoms with van der Waals surface area (Å²) in [4.78, 5) is 17.3. The molecular weight excluding hydrogens is 554 g/mol. The van der Waals surface area contributed by atoms with Gasteiger partial charge in [-0.15, -0.1) is 11.3 Å². The highest BCUT2D eigenvalue weighted by Gasteiger charge is 2.28. The number of fused-ring (bicyclic) bond motifs is 2. The normalized spacial score (nSPS) is 16.7. The molecule has 10 nitrogen and oxygen atoms in total. The fourth-order valence-electron chi connectivity index (χ4n) is 5.15. The summed E-state index contributed by atoms with van der Waals surface area (Å²) in [7, 11) is -1.13. The van der Waals surface area contributed by atoms with Crippen LogP contribution in [0.15, 0.2) is 20.8 Å². The zero-order valence-corrected chi connectivity index (χ0v) is 24.8. The van der Waals surface area contributed by atoms with Crippen molar-refractivity contribution in [3.05, 3.63) is 45.1 Å². The number of aromatic nitrogens is 1. The van der Waals surface area contributed by atoms with Gasteiger partial charge in [0.1, 0.15) is 14.8 Å². The number of thiazole rings is 1. The molecule has 222 valence electrons. The third kappa shape index (κ3) is 8.70. The van der Waals surface area contributed by atoms with Crippen LogP contribution >= 0.6 is 11.3 Å². The SMILES string of the molecule is CC(O)(COCCOCCOCCOCCO)c1ncc(/S(N)=N\C(=O)Cc2c3c(cc4c2CCC4)CCC3)s1. The Morgan fingerprint density at radius 2 is 1.57 bits per heavy atom. The molecule has 4 N–H and O–H groups in total. The predicted molar refractivity (Wildman–Crippen MR) is 153 cm³/mol. The third-order valence-corrected chi connectivity index (χ3v) is 9.74. The molecular formula is C28H41N3O7S2. The van der Waals surface area contributed by atoms with Crippen LogP contribution in [-0.2, 0) is 72.3 Å². The van der Waals surface area contributed by atoms with E-state index in [0.29, 0.717) is 61.9 Å². The monoisotopic (exact) mass is 595 g/mol.